The molecule has 2 aromatic rings. The Balaban J connectivity index is 1.27. The van der Waals surface area contributed by atoms with Crippen molar-refractivity contribution in [1.82, 2.24) is 9.80 Å². The number of amides is 2. The molecule has 40 heavy (non-hydrogen) atoms. The number of hydrogen-bond donors (Lipinski definition) is 2. The third-order valence-electron chi connectivity index (χ3n) is 7.89. The molecule has 3 N–H and O–H groups in total. The van der Waals surface area contributed by atoms with Crippen LogP contribution in [-0.4, -0.2) is 68.4 Å². The fourth-order valence-corrected chi connectivity index (χ4v) is 9.28. The minimum atomic E-state index is -0.889. The highest BCUT2D eigenvalue weighted by molar-refractivity contribution is 8.77. The van der Waals surface area contributed by atoms with Gasteiger partial charge in [-0.3, -0.25) is 4.79 Å². The molecule has 1 unspecified atom stereocenters. The Bertz CT molecular complexity index is 1140. The summed E-state index contributed by atoms with van der Waals surface area (Å²) in [4.78, 5) is 34.3. The van der Waals surface area contributed by atoms with Crippen molar-refractivity contribution in [2.45, 2.75) is 88.5 Å². The van der Waals surface area contributed by atoms with Gasteiger partial charge in [0.15, 0.2) is 0 Å². The van der Waals surface area contributed by atoms with E-state index in [1.54, 1.807) is 16.2 Å². The molecule has 7 nitrogen and oxygen atoms in total. The predicted molar refractivity (Wildman–Crippen MR) is 170 cm³/mol. The van der Waals surface area contributed by atoms with Crippen molar-refractivity contribution < 1.29 is 14.7 Å². The van der Waals surface area contributed by atoms with Crippen LogP contribution in [0.3, 0.4) is 0 Å². The van der Waals surface area contributed by atoms with Gasteiger partial charge in [0.25, 0.3) is 0 Å². The van der Waals surface area contributed by atoms with Gasteiger partial charge < -0.3 is 20.6 Å². The van der Waals surface area contributed by atoms with Gasteiger partial charge in [-0.25, -0.2) is 9.79 Å². The van der Waals surface area contributed by atoms with E-state index in [1.807, 2.05) is 76.0 Å². The Labute approximate surface area is 250 Å². The maximum absolute atomic E-state index is 12.8. The number of rotatable bonds is 12. The molecule has 10 heteroatoms. The number of thiophene rings is 1. The molecule has 0 bridgehead atoms. The summed E-state index contributed by atoms with van der Waals surface area (Å²) in [5, 5.41) is 12.9. The summed E-state index contributed by atoms with van der Waals surface area (Å²) in [6, 6.07) is 11.8. The van der Waals surface area contributed by atoms with Crippen LogP contribution in [0.15, 0.2) is 46.8 Å². The molecule has 2 aliphatic heterocycles. The van der Waals surface area contributed by atoms with Gasteiger partial charge in [0.2, 0.25) is 5.91 Å². The highest BCUT2D eigenvalue weighted by Gasteiger charge is 2.38. The van der Waals surface area contributed by atoms with Gasteiger partial charge in [-0.1, -0.05) is 46.2 Å². The maximum atomic E-state index is 12.8. The number of nitrogens with two attached hydrogens (primary N) is 1. The number of carbonyl (C=O) groups excluding carboxylic acids is 1. The fourth-order valence-electron chi connectivity index (χ4n) is 5.62. The van der Waals surface area contributed by atoms with Gasteiger partial charge in [-0.15, -0.1) is 11.3 Å². The summed E-state index contributed by atoms with van der Waals surface area (Å²) in [7, 11) is 3.97. The Morgan fingerprint density at radius 3 is 2.62 bits per heavy atom. The SMILES string of the molecule is CC(C)(CCc1cccc(N=C(N)c2cccs2)c1)N(C(=O)O)C1CCN(C(=O)CCCCC2CCSS2)CC1. The second kappa shape index (κ2) is 14.6. The minimum absolute atomic E-state index is 0.0880. The Hall–Kier alpha value is -2.17. The monoisotopic (exact) mass is 602 g/mol. The topological polar surface area (TPSA) is 99.2 Å². The lowest BCUT2D eigenvalue weighted by Gasteiger charge is -2.45. The quantitative estimate of drug-likeness (QED) is 0.116. The zero-order valence-corrected chi connectivity index (χ0v) is 26.0. The van der Waals surface area contributed by atoms with Gasteiger partial charge in [0.05, 0.1) is 10.6 Å². The van der Waals surface area contributed by atoms with E-state index in [9.17, 15) is 14.7 Å². The van der Waals surface area contributed by atoms with Gasteiger partial charge in [0, 0.05) is 42.1 Å². The van der Waals surface area contributed by atoms with Crippen LogP contribution in [0, 0.1) is 0 Å². The highest BCUT2D eigenvalue weighted by Crippen LogP contribution is 2.40. The lowest BCUT2D eigenvalue weighted by atomic mass is 9.89. The summed E-state index contributed by atoms with van der Waals surface area (Å²) in [6.07, 6.45) is 7.05. The van der Waals surface area contributed by atoms with E-state index in [2.05, 4.69) is 11.1 Å². The first kappa shape index (κ1) is 30.8. The van der Waals surface area contributed by atoms with Crippen LogP contribution in [0.2, 0.25) is 0 Å². The standard InChI is InChI=1S/C30H42N4O3S3/c1-30(2,16-12-22-7-5-8-23(21-22)32-28(31)26-10-6-19-38-26)34(29(36)37)24-13-17-33(18-14-24)27(35)11-4-3-9-25-15-20-39-40-25/h5-8,10,19,21,24-25H,3-4,9,11-18,20H2,1-2H3,(H2,31,32)(H,36,37). The molecular formula is C30H42N4O3S3. The predicted octanol–water partition coefficient (Wildman–Crippen LogP) is 7.18. The average Bonchev–Trinajstić information content (AvgIpc) is 3.65. The van der Waals surface area contributed by atoms with E-state index in [4.69, 9.17) is 5.73 Å². The van der Waals surface area contributed by atoms with Crippen LogP contribution in [0.1, 0.15) is 75.7 Å². The molecule has 2 aliphatic rings. The van der Waals surface area contributed by atoms with E-state index in [0.29, 0.717) is 44.6 Å². The number of unbranched alkanes of at least 4 members (excludes halogenated alkanes) is 1. The van der Waals surface area contributed by atoms with Crippen LogP contribution in [0.25, 0.3) is 0 Å². The molecule has 1 aromatic heterocycles. The maximum Gasteiger partial charge on any atom is 0.407 e. The fraction of sp³-hybridized carbons (Fsp3) is 0.567. The number of likely N-dealkylation sites (tertiary alicyclic amines) is 1. The molecule has 218 valence electrons. The smallest absolute Gasteiger partial charge is 0.407 e. The third kappa shape index (κ3) is 8.66. The van der Waals surface area contributed by atoms with Crippen LogP contribution in [0.4, 0.5) is 10.5 Å². The lowest BCUT2D eigenvalue weighted by Crippen LogP contribution is -2.56. The van der Waals surface area contributed by atoms with Crippen molar-refractivity contribution in [1.29, 1.82) is 0 Å². The van der Waals surface area contributed by atoms with E-state index >= 15 is 0 Å². The largest absolute Gasteiger partial charge is 0.465 e. The Morgan fingerprint density at radius 2 is 1.95 bits per heavy atom. The van der Waals surface area contributed by atoms with Crippen LogP contribution < -0.4 is 5.73 Å². The van der Waals surface area contributed by atoms with Crippen LogP contribution in [0.5, 0.6) is 0 Å². The molecule has 1 aromatic carbocycles. The Morgan fingerprint density at radius 1 is 1.15 bits per heavy atom. The molecule has 4 rings (SSSR count). The molecule has 0 saturated carbocycles. The average molecular weight is 603 g/mol. The first-order chi connectivity index (χ1) is 19.2. The molecule has 0 radical (unpaired) electrons. The molecule has 0 aliphatic carbocycles. The van der Waals surface area contributed by atoms with Crippen molar-refractivity contribution >= 4 is 56.4 Å². The normalized spacial score (nSPS) is 18.7. The number of aliphatic imine (C=N–C) groups is 1. The number of carbonyl (C=O) groups is 2. The number of benzene rings is 1. The second-order valence-electron chi connectivity index (χ2n) is 11.3. The van der Waals surface area contributed by atoms with Gasteiger partial charge in [-0.2, -0.15) is 0 Å². The molecule has 2 fully saturated rings. The summed E-state index contributed by atoms with van der Waals surface area (Å²) >= 11 is 1.56. The third-order valence-corrected chi connectivity index (χ3v) is 11.8. The van der Waals surface area contributed by atoms with E-state index < -0.39 is 11.6 Å². The van der Waals surface area contributed by atoms with Crippen LogP contribution in [-0.2, 0) is 11.2 Å². The molecular weight excluding hydrogens is 561 g/mol. The summed E-state index contributed by atoms with van der Waals surface area (Å²) < 4.78 is 0. The van der Waals surface area contributed by atoms with E-state index in [1.165, 1.54) is 18.6 Å². The molecule has 1 atom stereocenters. The zero-order chi connectivity index (χ0) is 28.5. The van der Waals surface area contributed by atoms with Crippen LogP contribution >= 0.6 is 32.9 Å². The number of aryl methyl sites for hydroxylation is 1. The summed E-state index contributed by atoms with van der Waals surface area (Å²) in [6.45, 7) is 5.28. The van der Waals surface area contributed by atoms with Crippen molar-refractivity contribution in [3.05, 3.63) is 52.2 Å². The Kier molecular flexibility index (Phi) is 11.3. The number of nitrogens with zero attached hydrogens (tertiary/aromatic N) is 3. The lowest BCUT2D eigenvalue weighted by molar-refractivity contribution is -0.133. The van der Waals surface area contributed by atoms with Gasteiger partial charge in [-0.05, 0) is 87.9 Å². The number of amidine groups is 1. The molecule has 3 heterocycles. The number of piperidine rings is 1. The number of hydrogen-bond acceptors (Lipinski definition) is 6. The molecule has 2 amide bonds. The van der Waals surface area contributed by atoms with Crippen molar-refractivity contribution in [3.63, 3.8) is 0 Å². The van der Waals surface area contributed by atoms with Crippen molar-refractivity contribution in [2.24, 2.45) is 10.7 Å². The van der Waals surface area contributed by atoms with Crippen molar-refractivity contribution in [3.8, 4) is 0 Å². The summed E-state index contributed by atoms with van der Waals surface area (Å²) in [5.41, 5.74) is 7.52. The van der Waals surface area contributed by atoms with Crippen molar-refractivity contribution in [2.75, 3.05) is 18.8 Å². The number of carboxylic acid groups (broad SMARTS) is 1. The first-order valence-electron chi connectivity index (χ1n) is 14.3. The van der Waals surface area contributed by atoms with E-state index in [-0.39, 0.29) is 11.9 Å². The van der Waals surface area contributed by atoms with E-state index in [0.717, 1.165) is 40.6 Å². The van der Waals surface area contributed by atoms with Gasteiger partial charge in [0.1, 0.15) is 5.84 Å². The van der Waals surface area contributed by atoms with Gasteiger partial charge >= 0.3 is 6.09 Å². The summed E-state index contributed by atoms with van der Waals surface area (Å²) in [5.74, 6) is 1.97. The highest BCUT2D eigenvalue weighted by atomic mass is 33.1. The second-order valence-corrected chi connectivity index (χ2v) is 15.0. The first-order valence-corrected chi connectivity index (χ1v) is 17.5. The minimum Gasteiger partial charge on any atom is -0.465 e. The zero-order valence-electron chi connectivity index (χ0n) is 23.6. The molecule has 2 saturated heterocycles. The molecule has 0 spiro atoms.